The van der Waals surface area contributed by atoms with Gasteiger partial charge in [0.1, 0.15) is 5.75 Å². The number of methoxy groups -OCH3 is 1. The Bertz CT molecular complexity index is 1310. The molecule has 0 spiro atoms. The summed E-state index contributed by atoms with van der Waals surface area (Å²) in [6.45, 7) is 3.86. The molecule has 1 saturated heterocycles. The summed E-state index contributed by atoms with van der Waals surface area (Å²) in [5.41, 5.74) is 0.211. The predicted octanol–water partition coefficient (Wildman–Crippen LogP) is 4.92. The lowest BCUT2D eigenvalue weighted by molar-refractivity contribution is -0.0299. The molecule has 0 radical (unpaired) electrons. The molecule has 1 aliphatic heterocycles. The van der Waals surface area contributed by atoms with Gasteiger partial charge in [0.2, 0.25) is 10.0 Å². The maximum Gasteiger partial charge on any atom is 0.240 e. The summed E-state index contributed by atoms with van der Waals surface area (Å²) in [7, 11) is -2.17. The normalized spacial score (nSPS) is 16.0. The van der Waals surface area contributed by atoms with Crippen LogP contribution in [0.3, 0.4) is 0 Å². The van der Waals surface area contributed by atoms with Crippen molar-refractivity contribution >= 4 is 21.6 Å². The van der Waals surface area contributed by atoms with E-state index in [0.29, 0.717) is 60.3 Å². The van der Waals surface area contributed by atoms with Crippen molar-refractivity contribution in [3.05, 3.63) is 82.9 Å². The summed E-state index contributed by atoms with van der Waals surface area (Å²) in [4.78, 5) is 2.28. The van der Waals surface area contributed by atoms with E-state index in [2.05, 4.69) is 9.62 Å². The molecule has 9 heteroatoms. The van der Waals surface area contributed by atoms with Crippen LogP contribution in [0.25, 0.3) is 0 Å². The lowest BCUT2D eigenvalue weighted by Gasteiger charge is -2.39. The van der Waals surface area contributed by atoms with Crippen molar-refractivity contribution in [2.75, 3.05) is 26.7 Å². The number of hydrogen-bond acceptors (Lipinski definition) is 6. The van der Waals surface area contributed by atoms with Crippen molar-refractivity contribution in [3.63, 3.8) is 0 Å². The average Bonchev–Trinajstić information content (AvgIpc) is 2.86. The highest BCUT2D eigenvalue weighted by molar-refractivity contribution is 7.89. The van der Waals surface area contributed by atoms with Gasteiger partial charge in [0.15, 0.2) is 11.5 Å². The topological polar surface area (TPSA) is 88.1 Å². The number of benzene rings is 3. The maximum atomic E-state index is 12.8. The Labute approximate surface area is 217 Å². The molecule has 2 N–H and O–H groups in total. The van der Waals surface area contributed by atoms with Crippen LogP contribution in [0.2, 0.25) is 5.02 Å². The van der Waals surface area contributed by atoms with E-state index in [1.807, 2.05) is 48.5 Å². The molecule has 0 amide bonds. The number of nitrogens with zero attached hydrogens (tertiary/aromatic N) is 1. The minimum atomic E-state index is -3.78. The monoisotopic (exact) mass is 530 g/mol. The van der Waals surface area contributed by atoms with Gasteiger partial charge in [0, 0.05) is 36.8 Å². The predicted molar refractivity (Wildman–Crippen MR) is 140 cm³/mol. The molecule has 36 heavy (non-hydrogen) atoms. The van der Waals surface area contributed by atoms with E-state index in [4.69, 9.17) is 21.1 Å². The van der Waals surface area contributed by atoms with Crippen LogP contribution in [0.4, 0.5) is 0 Å². The van der Waals surface area contributed by atoms with Crippen LogP contribution in [0.5, 0.6) is 17.2 Å². The zero-order valence-electron chi connectivity index (χ0n) is 20.4. The number of aliphatic hydroxyl groups is 1. The van der Waals surface area contributed by atoms with Crippen LogP contribution in [-0.4, -0.2) is 45.2 Å². The third-order valence-corrected chi connectivity index (χ3v) is 8.17. The first kappa shape index (κ1) is 26.4. The molecule has 1 aliphatic rings. The Hall–Kier alpha value is -2.62. The highest BCUT2D eigenvalue weighted by Crippen LogP contribution is 2.38. The van der Waals surface area contributed by atoms with E-state index in [1.54, 1.807) is 26.2 Å². The van der Waals surface area contributed by atoms with Crippen molar-refractivity contribution in [2.24, 2.45) is 0 Å². The molecule has 3 aromatic rings. The number of piperidine rings is 1. The van der Waals surface area contributed by atoms with E-state index >= 15 is 0 Å². The zero-order chi connectivity index (χ0) is 25.8. The molecule has 3 aromatic carbocycles. The molecule has 0 aliphatic carbocycles. The first-order valence-corrected chi connectivity index (χ1v) is 13.7. The third kappa shape index (κ3) is 6.02. The van der Waals surface area contributed by atoms with E-state index in [0.717, 1.165) is 5.56 Å². The minimum Gasteiger partial charge on any atom is -0.493 e. The number of likely N-dealkylation sites (tertiary alicyclic amines) is 1. The fourth-order valence-electron chi connectivity index (χ4n) is 4.52. The number of para-hydroxylation sites is 2. The summed E-state index contributed by atoms with van der Waals surface area (Å²) >= 11 is 6.10. The SMILES string of the molecule is CCNS(=O)(=O)c1cc(Cl)ccc1C1(O)CCN(Cc2cccc(Oc3ccccc3OC)c2)CC1. The zero-order valence-corrected chi connectivity index (χ0v) is 22.0. The molecule has 192 valence electrons. The number of hydrogen-bond donors (Lipinski definition) is 2. The lowest BCUT2D eigenvalue weighted by atomic mass is 9.84. The van der Waals surface area contributed by atoms with Crippen molar-refractivity contribution in [1.82, 2.24) is 9.62 Å². The Morgan fingerprint density at radius 3 is 2.44 bits per heavy atom. The van der Waals surface area contributed by atoms with E-state index < -0.39 is 15.6 Å². The number of nitrogens with one attached hydrogen (secondary N) is 1. The third-order valence-electron chi connectivity index (χ3n) is 6.35. The van der Waals surface area contributed by atoms with E-state index in [1.165, 1.54) is 6.07 Å². The fraction of sp³-hybridized carbons (Fsp3) is 0.333. The molecule has 0 aromatic heterocycles. The quantitative estimate of drug-likeness (QED) is 0.408. The highest BCUT2D eigenvalue weighted by atomic mass is 35.5. The number of sulfonamides is 1. The fourth-order valence-corrected chi connectivity index (χ4v) is 6.12. The second-order valence-electron chi connectivity index (χ2n) is 8.85. The van der Waals surface area contributed by atoms with E-state index in [9.17, 15) is 13.5 Å². The molecule has 0 saturated carbocycles. The molecule has 0 atom stereocenters. The second-order valence-corrected chi connectivity index (χ2v) is 11.0. The molecular weight excluding hydrogens is 500 g/mol. The Morgan fingerprint density at radius 1 is 1.03 bits per heavy atom. The average molecular weight is 531 g/mol. The highest BCUT2D eigenvalue weighted by Gasteiger charge is 2.38. The number of ether oxygens (including phenoxy) is 2. The molecule has 0 unspecified atom stereocenters. The van der Waals surface area contributed by atoms with Crippen molar-refractivity contribution in [2.45, 2.75) is 36.8 Å². The van der Waals surface area contributed by atoms with Crippen LogP contribution in [-0.2, 0) is 22.2 Å². The second kappa shape index (κ2) is 11.2. The van der Waals surface area contributed by atoms with Crippen LogP contribution < -0.4 is 14.2 Å². The molecule has 1 fully saturated rings. The van der Waals surface area contributed by atoms with Gasteiger partial charge in [-0.3, -0.25) is 4.90 Å². The summed E-state index contributed by atoms with van der Waals surface area (Å²) in [6.07, 6.45) is 0.807. The Kier molecular flexibility index (Phi) is 8.22. The number of rotatable bonds is 9. The van der Waals surface area contributed by atoms with Gasteiger partial charge in [0.25, 0.3) is 0 Å². The molecule has 7 nitrogen and oxygen atoms in total. The Balaban J connectivity index is 1.46. The van der Waals surface area contributed by atoms with Gasteiger partial charge in [-0.2, -0.15) is 0 Å². The van der Waals surface area contributed by atoms with Gasteiger partial charge < -0.3 is 14.6 Å². The molecule has 0 bridgehead atoms. The number of halogens is 1. The van der Waals surface area contributed by atoms with Gasteiger partial charge >= 0.3 is 0 Å². The smallest absolute Gasteiger partial charge is 0.240 e. The first-order valence-electron chi connectivity index (χ1n) is 11.9. The van der Waals surface area contributed by atoms with Crippen LogP contribution in [0, 0.1) is 0 Å². The summed E-state index contributed by atoms with van der Waals surface area (Å²) in [5, 5.41) is 11.8. The molecule has 1 heterocycles. The van der Waals surface area contributed by atoms with Gasteiger partial charge in [-0.15, -0.1) is 0 Å². The van der Waals surface area contributed by atoms with Crippen LogP contribution in [0.15, 0.2) is 71.6 Å². The molecular formula is C27H31ClN2O5S. The van der Waals surface area contributed by atoms with E-state index in [-0.39, 0.29) is 11.4 Å². The van der Waals surface area contributed by atoms with Gasteiger partial charge in [0.05, 0.1) is 17.6 Å². The Morgan fingerprint density at radius 2 is 1.75 bits per heavy atom. The molecule has 4 rings (SSSR count). The van der Waals surface area contributed by atoms with Crippen LogP contribution >= 0.6 is 11.6 Å². The summed E-state index contributed by atoms with van der Waals surface area (Å²) < 4.78 is 39.5. The van der Waals surface area contributed by atoms with Gasteiger partial charge in [-0.25, -0.2) is 13.1 Å². The van der Waals surface area contributed by atoms with Crippen molar-refractivity contribution in [3.8, 4) is 17.2 Å². The first-order chi connectivity index (χ1) is 17.2. The van der Waals surface area contributed by atoms with Crippen molar-refractivity contribution < 1.29 is 23.0 Å². The largest absolute Gasteiger partial charge is 0.493 e. The summed E-state index contributed by atoms with van der Waals surface area (Å²) in [6, 6.07) is 20.0. The standard InChI is InChI=1S/C27H31ClN2O5S/c1-3-29-36(32,33)26-18-21(28)11-12-23(26)27(31)13-15-30(16-14-27)19-20-7-6-8-22(17-20)35-25-10-5-4-9-24(25)34-2/h4-12,17-18,29,31H,3,13-16,19H2,1-2H3. The maximum absolute atomic E-state index is 12.8. The summed E-state index contributed by atoms with van der Waals surface area (Å²) in [5.74, 6) is 2.02. The van der Waals surface area contributed by atoms with Gasteiger partial charge in [-0.05, 0) is 54.8 Å². The lowest BCUT2D eigenvalue weighted by Crippen LogP contribution is -2.43. The minimum absolute atomic E-state index is 0.0361. The van der Waals surface area contributed by atoms with Crippen molar-refractivity contribution in [1.29, 1.82) is 0 Å². The van der Waals surface area contributed by atoms with Crippen LogP contribution in [0.1, 0.15) is 30.9 Å². The van der Waals surface area contributed by atoms with Gasteiger partial charge in [-0.1, -0.05) is 48.9 Å².